The van der Waals surface area contributed by atoms with Crippen LogP contribution in [0.2, 0.25) is 0 Å². The number of halogens is 1. The molecule has 1 amide bonds. The van der Waals surface area contributed by atoms with Gasteiger partial charge in [0.25, 0.3) is 0 Å². The van der Waals surface area contributed by atoms with E-state index in [9.17, 15) is 4.79 Å². The Balaban J connectivity index is 0.00000147. The maximum Gasteiger partial charge on any atom is 0.225 e. The topological polar surface area (TPSA) is 55.6 Å². The molecule has 0 spiro atoms. The van der Waals surface area contributed by atoms with E-state index in [-0.39, 0.29) is 24.4 Å². The van der Waals surface area contributed by atoms with Crippen LogP contribution in [0.15, 0.2) is 0 Å². The summed E-state index contributed by atoms with van der Waals surface area (Å²) < 4.78 is 5.61. The molecule has 3 rings (SSSR count). The molecule has 2 aliphatic carbocycles. The van der Waals surface area contributed by atoms with E-state index in [0.29, 0.717) is 23.8 Å². The fourth-order valence-electron chi connectivity index (χ4n) is 4.45. The van der Waals surface area contributed by atoms with Gasteiger partial charge in [0, 0.05) is 44.0 Å². The van der Waals surface area contributed by atoms with Crippen LogP contribution in [0.3, 0.4) is 0 Å². The minimum absolute atomic E-state index is 0. The molecule has 0 aromatic heterocycles. The van der Waals surface area contributed by atoms with Gasteiger partial charge in [-0.25, -0.2) is 0 Å². The molecular formula is C15H27ClN2O2. The maximum atomic E-state index is 12.6. The molecule has 2 N–H and O–H groups in total. The van der Waals surface area contributed by atoms with Crippen LogP contribution in [0.5, 0.6) is 0 Å². The molecule has 3 fully saturated rings. The monoisotopic (exact) mass is 302 g/mol. The molecule has 5 heteroatoms. The number of amides is 1. The summed E-state index contributed by atoms with van der Waals surface area (Å²) in [7, 11) is 1.81. The SMILES string of the molecule is COC1[C@@H]2CC[C@H]1CN(C(=O)[C@@H]1CCC[C@H](N)C1)C2.Cl. The Morgan fingerprint density at radius 2 is 1.80 bits per heavy atom. The summed E-state index contributed by atoms with van der Waals surface area (Å²) in [5.74, 6) is 1.67. The fraction of sp³-hybridized carbons (Fsp3) is 0.933. The van der Waals surface area contributed by atoms with Crippen molar-refractivity contribution >= 4 is 18.3 Å². The molecule has 2 saturated carbocycles. The van der Waals surface area contributed by atoms with Crippen molar-refractivity contribution < 1.29 is 9.53 Å². The summed E-state index contributed by atoms with van der Waals surface area (Å²) >= 11 is 0. The van der Waals surface area contributed by atoms with E-state index in [0.717, 1.165) is 38.8 Å². The summed E-state index contributed by atoms with van der Waals surface area (Å²) in [5, 5.41) is 0. The summed E-state index contributed by atoms with van der Waals surface area (Å²) in [6.45, 7) is 1.80. The van der Waals surface area contributed by atoms with Crippen molar-refractivity contribution in [1.29, 1.82) is 0 Å². The first-order valence-corrected chi connectivity index (χ1v) is 7.76. The molecule has 116 valence electrons. The first-order valence-electron chi connectivity index (χ1n) is 7.76. The van der Waals surface area contributed by atoms with Crippen molar-refractivity contribution in [2.24, 2.45) is 23.5 Å². The quantitative estimate of drug-likeness (QED) is 0.846. The van der Waals surface area contributed by atoms with Crippen molar-refractivity contribution in [3.63, 3.8) is 0 Å². The molecule has 5 atom stereocenters. The third-order valence-electron chi connectivity index (χ3n) is 5.40. The zero-order valence-corrected chi connectivity index (χ0v) is 13.1. The highest BCUT2D eigenvalue weighted by Gasteiger charge is 2.44. The number of ether oxygens (including phenoxy) is 1. The highest BCUT2D eigenvalue weighted by Crippen LogP contribution is 2.39. The van der Waals surface area contributed by atoms with E-state index in [1.54, 1.807) is 0 Å². The van der Waals surface area contributed by atoms with Crippen LogP contribution in [0.1, 0.15) is 38.5 Å². The lowest BCUT2D eigenvalue weighted by molar-refractivity contribution is -0.142. The number of rotatable bonds is 2. The largest absolute Gasteiger partial charge is 0.381 e. The van der Waals surface area contributed by atoms with Gasteiger partial charge < -0.3 is 15.4 Å². The van der Waals surface area contributed by atoms with Crippen LogP contribution in [-0.4, -0.2) is 43.2 Å². The first kappa shape index (κ1) is 16.1. The Hall–Kier alpha value is -0.320. The summed E-state index contributed by atoms with van der Waals surface area (Å²) in [6.07, 6.45) is 6.94. The average molecular weight is 303 g/mol. The van der Waals surface area contributed by atoms with Gasteiger partial charge in [-0.1, -0.05) is 6.42 Å². The van der Waals surface area contributed by atoms with E-state index in [2.05, 4.69) is 4.90 Å². The van der Waals surface area contributed by atoms with Crippen molar-refractivity contribution in [2.75, 3.05) is 20.2 Å². The van der Waals surface area contributed by atoms with E-state index in [1.807, 2.05) is 7.11 Å². The van der Waals surface area contributed by atoms with Crippen LogP contribution in [0.4, 0.5) is 0 Å². The predicted molar refractivity (Wildman–Crippen MR) is 80.8 cm³/mol. The Morgan fingerprint density at radius 3 is 2.35 bits per heavy atom. The lowest BCUT2D eigenvalue weighted by Gasteiger charge is -2.39. The third-order valence-corrected chi connectivity index (χ3v) is 5.40. The second-order valence-corrected chi connectivity index (χ2v) is 6.66. The number of hydrogen-bond acceptors (Lipinski definition) is 3. The van der Waals surface area contributed by atoms with E-state index in [4.69, 9.17) is 10.5 Å². The molecule has 20 heavy (non-hydrogen) atoms. The van der Waals surface area contributed by atoms with Crippen LogP contribution in [0.25, 0.3) is 0 Å². The Labute approximate surface area is 127 Å². The normalized spacial score (nSPS) is 40.3. The molecule has 0 aromatic rings. The number of nitrogens with zero attached hydrogens (tertiary/aromatic N) is 1. The second kappa shape index (κ2) is 6.63. The lowest BCUT2D eigenvalue weighted by atomic mass is 9.84. The van der Waals surface area contributed by atoms with Crippen LogP contribution in [-0.2, 0) is 9.53 Å². The predicted octanol–water partition coefficient (Wildman–Crippen LogP) is 1.81. The van der Waals surface area contributed by atoms with E-state index >= 15 is 0 Å². The number of hydrogen-bond donors (Lipinski definition) is 1. The number of fused-ring (bicyclic) bond motifs is 2. The first-order chi connectivity index (χ1) is 9.19. The van der Waals surface area contributed by atoms with Crippen molar-refractivity contribution in [3.05, 3.63) is 0 Å². The lowest BCUT2D eigenvalue weighted by Crippen LogP contribution is -2.50. The van der Waals surface area contributed by atoms with Gasteiger partial charge in [0.2, 0.25) is 5.91 Å². The minimum Gasteiger partial charge on any atom is -0.381 e. The number of carbonyl (C=O) groups is 1. The van der Waals surface area contributed by atoms with Gasteiger partial charge in [-0.15, -0.1) is 12.4 Å². The fourth-order valence-corrected chi connectivity index (χ4v) is 4.45. The van der Waals surface area contributed by atoms with E-state index in [1.165, 1.54) is 12.8 Å². The molecule has 1 aliphatic heterocycles. The molecule has 4 nitrogen and oxygen atoms in total. The molecule has 3 aliphatic rings. The van der Waals surface area contributed by atoms with Gasteiger partial charge in [0.1, 0.15) is 0 Å². The van der Waals surface area contributed by atoms with Gasteiger partial charge in [0.05, 0.1) is 6.10 Å². The summed E-state index contributed by atoms with van der Waals surface area (Å²) in [4.78, 5) is 14.8. The minimum atomic E-state index is 0. The summed E-state index contributed by atoms with van der Waals surface area (Å²) in [6, 6.07) is 0.232. The number of carbonyl (C=O) groups excluding carboxylic acids is 1. The highest BCUT2D eigenvalue weighted by atomic mass is 35.5. The highest BCUT2D eigenvalue weighted by molar-refractivity contribution is 5.85. The number of piperidine rings is 1. The molecule has 1 heterocycles. The van der Waals surface area contributed by atoms with E-state index < -0.39 is 0 Å². The molecule has 0 radical (unpaired) electrons. The smallest absolute Gasteiger partial charge is 0.225 e. The Bertz CT molecular complexity index is 339. The molecule has 1 saturated heterocycles. The van der Waals surface area contributed by atoms with Gasteiger partial charge in [-0.05, 0) is 32.1 Å². The Kier molecular flexibility index (Phi) is 5.32. The van der Waals surface area contributed by atoms with Gasteiger partial charge in [0.15, 0.2) is 0 Å². The van der Waals surface area contributed by atoms with Crippen molar-refractivity contribution in [3.8, 4) is 0 Å². The van der Waals surface area contributed by atoms with Crippen molar-refractivity contribution in [1.82, 2.24) is 4.90 Å². The molecule has 2 bridgehead atoms. The van der Waals surface area contributed by atoms with Crippen molar-refractivity contribution in [2.45, 2.75) is 50.7 Å². The number of likely N-dealkylation sites (tertiary alicyclic amines) is 1. The van der Waals surface area contributed by atoms with Crippen LogP contribution >= 0.6 is 12.4 Å². The number of nitrogens with two attached hydrogens (primary N) is 1. The number of methoxy groups -OCH3 is 1. The maximum absolute atomic E-state index is 12.6. The molecule has 0 aromatic carbocycles. The van der Waals surface area contributed by atoms with Crippen LogP contribution in [0, 0.1) is 17.8 Å². The summed E-state index contributed by atoms with van der Waals surface area (Å²) in [5.41, 5.74) is 6.01. The molecule has 1 unspecified atom stereocenters. The zero-order valence-electron chi connectivity index (χ0n) is 12.3. The van der Waals surface area contributed by atoms with Gasteiger partial charge in [-0.3, -0.25) is 4.79 Å². The second-order valence-electron chi connectivity index (χ2n) is 6.66. The zero-order chi connectivity index (χ0) is 13.4. The average Bonchev–Trinajstić information content (AvgIpc) is 2.66. The third kappa shape index (κ3) is 2.97. The van der Waals surface area contributed by atoms with Gasteiger partial charge >= 0.3 is 0 Å². The van der Waals surface area contributed by atoms with Crippen LogP contribution < -0.4 is 5.73 Å². The molecular weight excluding hydrogens is 276 g/mol. The van der Waals surface area contributed by atoms with Gasteiger partial charge in [-0.2, -0.15) is 0 Å². The Morgan fingerprint density at radius 1 is 1.15 bits per heavy atom. The standard InChI is InChI=1S/C15H26N2O2.ClH/c1-19-14-11-5-6-12(14)9-17(8-11)15(18)10-3-2-4-13(16)7-10;/h10-14H,2-9,16H2,1H3;1H/t10-,11-,12+,13+,14?;/m1./s1.